The predicted molar refractivity (Wildman–Crippen MR) is 79.3 cm³/mol. The molecule has 3 rings (SSSR count). The lowest BCUT2D eigenvalue weighted by Crippen LogP contribution is -2.32. The van der Waals surface area contributed by atoms with Crippen LogP contribution in [0.15, 0.2) is 30.3 Å². The van der Waals surface area contributed by atoms with Gasteiger partial charge in [-0.15, -0.1) is 10.2 Å². The van der Waals surface area contributed by atoms with Crippen molar-refractivity contribution in [2.75, 3.05) is 13.7 Å². The minimum absolute atomic E-state index is 0.0796. The number of rotatable bonds is 3. The summed E-state index contributed by atoms with van der Waals surface area (Å²) >= 11 is 0. The van der Waals surface area contributed by atoms with Gasteiger partial charge in [0, 0.05) is 12.6 Å². The second kappa shape index (κ2) is 6.48. The summed E-state index contributed by atoms with van der Waals surface area (Å²) in [7, 11) is 1.43. The van der Waals surface area contributed by atoms with E-state index in [0.717, 1.165) is 12.1 Å². The number of carbonyl (C=O) groups excluding carboxylic acids is 1. The molecule has 2 atom stereocenters. The highest BCUT2D eigenvalue weighted by Gasteiger charge is 2.36. The molecule has 1 N–H and O–H groups in total. The molecule has 24 heavy (non-hydrogen) atoms. The van der Waals surface area contributed by atoms with Crippen LogP contribution in [0, 0.1) is 11.6 Å². The molecule has 0 aliphatic carbocycles. The topological polar surface area (TPSA) is 75.5 Å². The number of aliphatic hydroxyl groups excluding tert-OH is 1. The molecule has 0 bridgehead atoms. The van der Waals surface area contributed by atoms with E-state index in [4.69, 9.17) is 4.74 Å². The molecule has 1 aliphatic rings. The Labute approximate surface area is 136 Å². The van der Waals surface area contributed by atoms with E-state index in [0.29, 0.717) is 5.56 Å². The molecule has 0 saturated carbocycles. The molecule has 8 heteroatoms. The number of nitrogens with zero attached hydrogens (tertiary/aromatic N) is 3. The second-order valence-corrected chi connectivity index (χ2v) is 5.50. The summed E-state index contributed by atoms with van der Waals surface area (Å²) in [4.78, 5) is 14.0. The maximum Gasteiger partial charge on any atom is 0.274 e. The van der Waals surface area contributed by atoms with Crippen LogP contribution in [0.2, 0.25) is 0 Å². The molecule has 0 spiro atoms. The zero-order chi connectivity index (χ0) is 17.3. The maximum absolute atomic E-state index is 13.5. The van der Waals surface area contributed by atoms with Crippen LogP contribution in [0.1, 0.15) is 28.5 Å². The molecule has 1 saturated heterocycles. The van der Waals surface area contributed by atoms with Crippen molar-refractivity contribution in [2.24, 2.45) is 0 Å². The third kappa shape index (κ3) is 3.05. The zero-order valence-electron chi connectivity index (χ0n) is 12.8. The smallest absolute Gasteiger partial charge is 0.274 e. The Morgan fingerprint density at radius 1 is 1.25 bits per heavy atom. The maximum atomic E-state index is 13.5. The molecule has 0 unspecified atom stereocenters. The second-order valence-electron chi connectivity index (χ2n) is 5.50. The van der Waals surface area contributed by atoms with Crippen LogP contribution in [0.5, 0.6) is 5.88 Å². The van der Waals surface area contributed by atoms with E-state index in [9.17, 15) is 18.7 Å². The number of halogens is 2. The average Bonchev–Trinajstić information content (AvgIpc) is 2.98. The van der Waals surface area contributed by atoms with Gasteiger partial charge in [-0.3, -0.25) is 4.79 Å². The summed E-state index contributed by atoms with van der Waals surface area (Å²) < 4.78 is 31.5. The van der Waals surface area contributed by atoms with Gasteiger partial charge in [0.25, 0.3) is 5.91 Å². The third-order valence-corrected chi connectivity index (χ3v) is 3.94. The Bertz CT molecular complexity index is 755. The van der Waals surface area contributed by atoms with Gasteiger partial charge in [0.15, 0.2) is 17.3 Å². The van der Waals surface area contributed by atoms with E-state index < -0.39 is 29.7 Å². The van der Waals surface area contributed by atoms with Crippen molar-refractivity contribution in [3.8, 4) is 5.88 Å². The van der Waals surface area contributed by atoms with E-state index in [-0.39, 0.29) is 24.5 Å². The quantitative estimate of drug-likeness (QED) is 0.924. The summed E-state index contributed by atoms with van der Waals surface area (Å²) in [6, 6.07) is 5.84. The van der Waals surface area contributed by atoms with Crippen molar-refractivity contribution in [1.29, 1.82) is 0 Å². The molecule has 1 aliphatic heterocycles. The van der Waals surface area contributed by atoms with Crippen molar-refractivity contribution in [3.05, 3.63) is 53.2 Å². The lowest BCUT2D eigenvalue weighted by Gasteiger charge is -2.24. The van der Waals surface area contributed by atoms with Gasteiger partial charge >= 0.3 is 0 Å². The van der Waals surface area contributed by atoms with Crippen LogP contribution in [0.3, 0.4) is 0 Å². The first kappa shape index (κ1) is 16.3. The van der Waals surface area contributed by atoms with E-state index >= 15 is 0 Å². The summed E-state index contributed by atoms with van der Waals surface area (Å²) in [5.74, 6) is -2.14. The minimum Gasteiger partial charge on any atom is -0.480 e. The van der Waals surface area contributed by atoms with Crippen molar-refractivity contribution in [1.82, 2.24) is 15.1 Å². The predicted octanol–water partition coefficient (Wildman–Crippen LogP) is 1.71. The zero-order valence-corrected chi connectivity index (χ0v) is 12.8. The Morgan fingerprint density at radius 3 is 2.67 bits per heavy atom. The highest BCUT2D eigenvalue weighted by atomic mass is 19.2. The highest BCUT2D eigenvalue weighted by molar-refractivity contribution is 5.92. The number of carbonyl (C=O) groups is 1. The number of amides is 1. The van der Waals surface area contributed by atoms with Crippen molar-refractivity contribution in [2.45, 2.75) is 18.6 Å². The molecule has 1 fully saturated rings. The third-order valence-electron chi connectivity index (χ3n) is 3.94. The molecular weight excluding hydrogens is 320 g/mol. The monoisotopic (exact) mass is 335 g/mol. The summed E-state index contributed by atoms with van der Waals surface area (Å²) in [6.07, 6.45) is -0.515. The van der Waals surface area contributed by atoms with E-state index in [2.05, 4.69) is 10.2 Å². The van der Waals surface area contributed by atoms with Crippen LogP contribution in [0.4, 0.5) is 8.78 Å². The molecule has 126 valence electrons. The lowest BCUT2D eigenvalue weighted by molar-refractivity contribution is 0.0708. The van der Waals surface area contributed by atoms with Gasteiger partial charge in [0.2, 0.25) is 5.88 Å². The standard InChI is InChI=1S/C16H15F2N3O3/c1-24-15-5-4-13(19-20-15)16(23)21-8-10(22)7-14(21)9-2-3-11(17)12(18)6-9/h2-6,10,14,22H,7-8H2,1H3/t10-,14-/m0/s1. The van der Waals surface area contributed by atoms with Crippen LogP contribution in [-0.2, 0) is 0 Å². The van der Waals surface area contributed by atoms with Gasteiger partial charge < -0.3 is 14.7 Å². The molecule has 0 radical (unpaired) electrons. The van der Waals surface area contributed by atoms with Gasteiger partial charge in [0.05, 0.1) is 19.3 Å². The number of aliphatic hydroxyl groups is 1. The lowest BCUT2D eigenvalue weighted by atomic mass is 10.0. The molecule has 2 heterocycles. The number of aromatic nitrogens is 2. The van der Waals surface area contributed by atoms with Gasteiger partial charge in [-0.1, -0.05) is 6.07 Å². The molecule has 1 aromatic heterocycles. The highest BCUT2D eigenvalue weighted by Crippen LogP contribution is 2.33. The van der Waals surface area contributed by atoms with Crippen LogP contribution >= 0.6 is 0 Å². The normalized spacial score (nSPS) is 20.2. The summed E-state index contributed by atoms with van der Waals surface area (Å²) in [6.45, 7) is 0.0796. The first-order valence-electron chi connectivity index (χ1n) is 7.31. The van der Waals surface area contributed by atoms with E-state index in [1.807, 2.05) is 0 Å². The van der Waals surface area contributed by atoms with Crippen molar-refractivity contribution < 1.29 is 23.4 Å². The number of methoxy groups -OCH3 is 1. The summed E-state index contributed by atoms with van der Waals surface area (Å²) in [5.41, 5.74) is 0.498. The number of β-amino-alcohol motifs (C(OH)–C–C–N with tert-alkyl or cyclic N) is 1. The van der Waals surface area contributed by atoms with Crippen molar-refractivity contribution >= 4 is 5.91 Å². The average molecular weight is 335 g/mol. The Kier molecular flexibility index (Phi) is 4.39. The van der Waals surface area contributed by atoms with E-state index in [1.54, 1.807) is 0 Å². The first-order valence-corrected chi connectivity index (χ1v) is 7.31. The number of likely N-dealkylation sites (tertiary alicyclic amines) is 1. The SMILES string of the molecule is COc1ccc(C(=O)N2C[C@@H](O)C[C@H]2c2ccc(F)c(F)c2)nn1. The number of hydrogen-bond donors (Lipinski definition) is 1. The van der Waals surface area contributed by atoms with Gasteiger partial charge in [-0.25, -0.2) is 8.78 Å². The Balaban J connectivity index is 1.88. The van der Waals surface area contributed by atoms with Gasteiger partial charge in [-0.05, 0) is 30.2 Å². The van der Waals surface area contributed by atoms with Crippen LogP contribution in [0.25, 0.3) is 0 Å². The molecule has 2 aromatic rings. The molecule has 1 amide bonds. The fraction of sp³-hybridized carbons (Fsp3) is 0.312. The van der Waals surface area contributed by atoms with Gasteiger partial charge in [-0.2, -0.15) is 0 Å². The summed E-state index contributed by atoms with van der Waals surface area (Å²) in [5, 5.41) is 17.5. The van der Waals surface area contributed by atoms with Crippen LogP contribution < -0.4 is 4.74 Å². The van der Waals surface area contributed by atoms with Crippen molar-refractivity contribution in [3.63, 3.8) is 0 Å². The van der Waals surface area contributed by atoms with Crippen LogP contribution in [-0.4, -0.2) is 45.9 Å². The molecular formula is C16H15F2N3O3. The number of hydrogen-bond acceptors (Lipinski definition) is 5. The Hall–Kier alpha value is -2.61. The largest absolute Gasteiger partial charge is 0.480 e. The number of benzene rings is 1. The fourth-order valence-corrected chi connectivity index (χ4v) is 2.76. The molecule has 6 nitrogen and oxygen atoms in total. The van der Waals surface area contributed by atoms with Gasteiger partial charge in [0.1, 0.15) is 0 Å². The fourth-order valence-electron chi connectivity index (χ4n) is 2.76. The Morgan fingerprint density at radius 2 is 2.04 bits per heavy atom. The van der Waals surface area contributed by atoms with E-state index in [1.165, 1.54) is 30.2 Å². The number of ether oxygens (including phenoxy) is 1. The first-order chi connectivity index (χ1) is 11.5. The molecule has 1 aromatic carbocycles. The minimum atomic E-state index is -0.995.